The molecule has 2 aliphatic heterocycles. The van der Waals surface area contributed by atoms with Crippen molar-refractivity contribution in [1.82, 2.24) is 4.90 Å². The topological polar surface area (TPSA) is 6.25 Å². The summed E-state index contributed by atoms with van der Waals surface area (Å²) in [6, 6.07) is 1.61. The zero-order chi connectivity index (χ0) is 29.3. The average Bonchev–Trinajstić information content (AvgIpc) is 3.51. The number of likely N-dealkylation sites (tertiary alicyclic amines) is 1. The van der Waals surface area contributed by atoms with Crippen molar-refractivity contribution in [1.29, 1.82) is 0 Å². The van der Waals surface area contributed by atoms with Gasteiger partial charge in [0.25, 0.3) is 0 Å². The van der Waals surface area contributed by atoms with Crippen molar-refractivity contribution < 1.29 is 4.58 Å². The molecular weight excluding hydrogens is 544 g/mol. The standard InChI is InChI=1S/C40H60ClN2/c1-3-5-26-42-34(32-18-8-12-28-14-10-20-36(42)38(28)32)24-22-30-16-7-17-31(40(30)41)23-25-35-33-19-9-13-29-15-11-21-37(39(29)33)43(35)27-6-4-2/h22-25,28-29,32-33,36-39H,3-21,26-27H2,1-2H3/q+1. The Morgan fingerprint density at radius 3 is 2.26 bits per heavy atom. The molecule has 1 saturated heterocycles. The average molecular weight is 604 g/mol. The highest BCUT2D eigenvalue weighted by Gasteiger charge is 2.54. The lowest BCUT2D eigenvalue weighted by Gasteiger charge is -2.41. The van der Waals surface area contributed by atoms with Crippen molar-refractivity contribution in [2.45, 2.75) is 148 Å². The summed E-state index contributed by atoms with van der Waals surface area (Å²) in [6.07, 6.45) is 36.1. The van der Waals surface area contributed by atoms with Crippen LogP contribution < -0.4 is 0 Å². The van der Waals surface area contributed by atoms with Gasteiger partial charge in [-0.15, -0.1) is 0 Å². The molecule has 0 radical (unpaired) electrons. The molecule has 43 heavy (non-hydrogen) atoms. The van der Waals surface area contributed by atoms with Crippen LogP contribution in [0.25, 0.3) is 0 Å². The van der Waals surface area contributed by atoms with Crippen LogP contribution in [0.5, 0.6) is 0 Å². The van der Waals surface area contributed by atoms with Gasteiger partial charge in [-0.1, -0.05) is 82.5 Å². The van der Waals surface area contributed by atoms with E-state index in [4.69, 9.17) is 11.6 Å². The molecular formula is C40H60ClN2+. The molecule has 7 aliphatic rings. The number of unbranched alkanes of at least 4 members (excludes halogenated alkanes) is 2. The summed E-state index contributed by atoms with van der Waals surface area (Å²) in [5.41, 5.74) is 6.14. The van der Waals surface area contributed by atoms with E-state index in [1.54, 1.807) is 11.4 Å². The minimum Gasteiger partial charge on any atom is -0.371 e. The first-order chi connectivity index (χ1) is 21.2. The number of halogens is 1. The summed E-state index contributed by atoms with van der Waals surface area (Å²) < 4.78 is 2.90. The molecule has 0 N–H and O–H groups in total. The van der Waals surface area contributed by atoms with E-state index in [1.807, 2.05) is 0 Å². The van der Waals surface area contributed by atoms with Gasteiger partial charge in [0.15, 0.2) is 11.8 Å². The smallest absolute Gasteiger partial charge is 0.179 e. The maximum atomic E-state index is 7.31. The second-order valence-electron chi connectivity index (χ2n) is 15.6. The summed E-state index contributed by atoms with van der Waals surface area (Å²) in [5, 5.41) is 1.06. The third-order valence-corrected chi connectivity index (χ3v) is 13.8. The van der Waals surface area contributed by atoms with Crippen LogP contribution in [0.1, 0.15) is 136 Å². The van der Waals surface area contributed by atoms with Gasteiger partial charge in [0.05, 0.1) is 5.92 Å². The first kappa shape index (κ1) is 30.4. The van der Waals surface area contributed by atoms with E-state index < -0.39 is 0 Å². The Hall–Kier alpha value is -1.28. The highest BCUT2D eigenvalue weighted by molar-refractivity contribution is 6.32. The van der Waals surface area contributed by atoms with Gasteiger partial charge in [0.1, 0.15) is 6.54 Å². The van der Waals surface area contributed by atoms with Crippen LogP contribution in [0.3, 0.4) is 0 Å². The van der Waals surface area contributed by atoms with Gasteiger partial charge in [-0.05, 0) is 99.2 Å². The molecule has 2 nitrogen and oxygen atoms in total. The predicted octanol–water partition coefficient (Wildman–Crippen LogP) is 10.6. The molecule has 2 heterocycles. The molecule has 5 fully saturated rings. The quantitative estimate of drug-likeness (QED) is 0.238. The minimum absolute atomic E-state index is 0.791. The van der Waals surface area contributed by atoms with E-state index in [9.17, 15) is 0 Å². The van der Waals surface area contributed by atoms with Crippen molar-refractivity contribution in [3.63, 3.8) is 0 Å². The zero-order valence-electron chi connectivity index (χ0n) is 27.5. The molecule has 0 spiro atoms. The molecule has 5 aliphatic carbocycles. The van der Waals surface area contributed by atoms with Crippen molar-refractivity contribution >= 4 is 17.3 Å². The highest BCUT2D eigenvalue weighted by atomic mass is 35.5. The number of allylic oxidation sites excluding steroid dienone is 8. The molecule has 4 saturated carbocycles. The van der Waals surface area contributed by atoms with E-state index in [-0.39, 0.29) is 0 Å². The zero-order valence-corrected chi connectivity index (χ0v) is 28.3. The van der Waals surface area contributed by atoms with Gasteiger partial charge >= 0.3 is 0 Å². The summed E-state index contributed by atoms with van der Waals surface area (Å²) >= 11 is 7.31. The lowest BCUT2D eigenvalue weighted by atomic mass is 9.64. The second kappa shape index (κ2) is 13.6. The van der Waals surface area contributed by atoms with E-state index in [0.717, 1.165) is 65.5 Å². The Morgan fingerprint density at radius 1 is 0.744 bits per heavy atom. The third-order valence-electron chi connectivity index (χ3n) is 13.3. The van der Waals surface area contributed by atoms with Crippen LogP contribution in [-0.4, -0.2) is 40.4 Å². The molecule has 0 aromatic heterocycles. The fourth-order valence-electron chi connectivity index (χ4n) is 11.5. The summed E-state index contributed by atoms with van der Waals surface area (Å²) in [5.74, 6) is 5.37. The van der Waals surface area contributed by atoms with Gasteiger partial charge in [-0.3, -0.25) is 0 Å². The van der Waals surface area contributed by atoms with Gasteiger partial charge in [0.2, 0.25) is 0 Å². The van der Waals surface area contributed by atoms with Crippen molar-refractivity contribution in [2.75, 3.05) is 13.1 Å². The lowest BCUT2D eigenvalue weighted by molar-refractivity contribution is -0.568. The van der Waals surface area contributed by atoms with Crippen LogP contribution in [0.4, 0.5) is 0 Å². The molecule has 8 atom stereocenters. The normalized spacial score (nSPS) is 39.4. The minimum atomic E-state index is 0.791. The second-order valence-corrected chi connectivity index (χ2v) is 16.0. The number of rotatable bonds is 9. The Labute approximate surface area is 268 Å². The first-order valence-corrected chi connectivity index (χ1v) is 19.4. The van der Waals surface area contributed by atoms with E-state index in [2.05, 4.69) is 47.6 Å². The Kier molecular flexibility index (Phi) is 9.61. The van der Waals surface area contributed by atoms with Crippen molar-refractivity contribution in [2.24, 2.45) is 35.5 Å². The van der Waals surface area contributed by atoms with Crippen LogP contribution in [0.15, 0.2) is 46.2 Å². The number of hydrogen-bond acceptors (Lipinski definition) is 1. The van der Waals surface area contributed by atoms with E-state index in [1.165, 1.54) is 133 Å². The van der Waals surface area contributed by atoms with E-state index in [0.29, 0.717) is 0 Å². The first-order valence-electron chi connectivity index (χ1n) is 19.1. The summed E-state index contributed by atoms with van der Waals surface area (Å²) in [7, 11) is 0. The van der Waals surface area contributed by atoms with Gasteiger partial charge in [-0.2, -0.15) is 0 Å². The molecule has 0 aromatic rings. The maximum absolute atomic E-state index is 7.31. The van der Waals surface area contributed by atoms with Gasteiger partial charge in [0, 0.05) is 54.1 Å². The summed E-state index contributed by atoms with van der Waals surface area (Å²) in [4.78, 5) is 2.90. The van der Waals surface area contributed by atoms with Crippen molar-refractivity contribution in [3.05, 3.63) is 46.2 Å². The molecule has 236 valence electrons. The van der Waals surface area contributed by atoms with Crippen LogP contribution in [0, 0.1) is 35.5 Å². The fraction of sp³-hybridized carbons (Fsp3) is 0.775. The largest absolute Gasteiger partial charge is 0.371 e. The molecule has 3 heteroatoms. The number of nitrogens with zero attached hydrogens (tertiary/aromatic N) is 2. The third kappa shape index (κ3) is 5.79. The van der Waals surface area contributed by atoms with Crippen LogP contribution >= 0.6 is 11.6 Å². The molecule has 7 rings (SSSR count). The van der Waals surface area contributed by atoms with E-state index >= 15 is 0 Å². The lowest BCUT2D eigenvalue weighted by Crippen LogP contribution is -2.40. The van der Waals surface area contributed by atoms with Gasteiger partial charge < -0.3 is 4.90 Å². The Bertz CT molecular complexity index is 1170. The fourth-order valence-corrected chi connectivity index (χ4v) is 11.8. The molecule has 0 aromatic carbocycles. The highest BCUT2D eigenvalue weighted by Crippen LogP contribution is 2.54. The molecule has 0 bridgehead atoms. The van der Waals surface area contributed by atoms with Crippen molar-refractivity contribution in [3.8, 4) is 0 Å². The maximum Gasteiger partial charge on any atom is 0.179 e. The predicted molar refractivity (Wildman–Crippen MR) is 183 cm³/mol. The SMILES string of the molecule is CCCCN1/C(=C/C=C2\CCCC(/C=C/C3=[N+](CCCC)C4CCCC5CCCC3C54)=C2Cl)C2CCCC3CCCC1C32. The Morgan fingerprint density at radius 2 is 1.47 bits per heavy atom. The van der Waals surface area contributed by atoms with Gasteiger partial charge in [-0.25, -0.2) is 4.58 Å². The monoisotopic (exact) mass is 603 g/mol. The van der Waals surface area contributed by atoms with Crippen LogP contribution in [-0.2, 0) is 0 Å². The van der Waals surface area contributed by atoms with Crippen LogP contribution in [0.2, 0.25) is 0 Å². The summed E-state index contributed by atoms with van der Waals surface area (Å²) in [6.45, 7) is 7.22. The molecule has 0 amide bonds. The molecule has 8 unspecified atom stereocenters. The number of hydrogen-bond donors (Lipinski definition) is 0. The Balaban J connectivity index is 1.16.